The molecule has 0 unspecified atom stereocenters. The lowest BCUT2D eigenvalue weighted by atomic mass is 10.1. The van der Waals surface area contributed by atoms with Crippen LogP contribution in [0.4, 0.5) is 5.69 Å². The van der Waals surface area contributed by atoms with Crippen LogP contribution in [0.25, 0.3) is 0 Å². The zero-order valence-corrected chi connectivity index (χ0v) is 11.1. The van der Waals surface area contributed by atoms with E-state index in [0.717, 1.165) is 31.1 Å². The van der Waals surface area contributed by atoms with Crippen LogP contribution < -0.4 is 10.2 Å². The first-order valence-electron chi connectivity index (χ1n) is 5.91. The summed E-state index contributed by atoms with van der Waals surface area (Å²) in [5, 5.41) is 4.04. The van der Waals surface area contributed by atoms with Crippen LogP contribution in [-0.4, -0.2) is 20.1 Å². The average molecular weight is 241 g/mol. The molecule has 0 atom stereocenters. The fraction of sp³-hybridized carbons (Fsp3) is 0.538. The predicted octanol–water partition coefficient (Wildman–Crippen LogP) is 3.30. The van der Waals surface area contributed by atoms with Crippen LogP contribution in [0.15, 0.2) is 18.2 Å². The molecule has 0 saturated heterocycles. The summed E-state index contributed by atoms with van der Waals surface area (Å²) >= 11 is 6.30. The molecule has 90 valence electrons. The van der Waals surface area contributed by atoms with Gasteiger partial charge in [0.25, 0.3) is 0 Å². The van der Waals surface area contributed by atoms with Gasteiger partial charge >= 0.3 is 0 Å². The van der Waals surface area contributed by atoms with Gasteiger partial charge in [0.05, 0.1) is 10.7 Å². The second-order valence-electron chi connectivity index (χ2n) is 3.86. The Morgan fingerprint density at radius 1 is 1.31 bits per heavy atom. The van der Waals surface area contributed by atoms with E-state index >= 15 is 0 Å². The Morgan fingerprint density at radius 3 is 2.62 bits per heavy atom. The van der Waals surface area contributed by atoms with Crippen LogP contribution in [-0.2, 0) is 6.54 Å². The highest BCUT2D eigenvalue weighted by Gasteiger charge is 2.12. The third-order valence-electron chi connectivity index (χ3n) is 2.63. The molecule has 3 heteroatoms. The second-order valence-corrected chi connectivity index (χ2v) is 4.26. The van der Waals surface area contributed by atoms with E-state index in [1.54, 1.807) is 0 Å². The number of benzene rings is 1. The van der Waals surface area contributed by atoms with Gasteiger partial charge in [-0.05, 0) is 32.0 Å². The molecule has 1 aromatic carbocycles. The maximum atomic E-state index is 6.30. The number of halogens is 1. The Balaban J connectivity index is 3.06. The quantitative estimate of drug-likeness (QED) is 0.821. The molecular weight excluding hydrogens is 220 g/mol. The number of hydrogen-bond acceptors (Lipinski definition) is 2. The van der Waals surface area contributed by atoms with Crippen molar-refractivity contribution in [1.82, 2.24) is 5.32 Å². The number of nitrogens with one attached hydrogen (secondary N) is 1. The lowest BCUT2D eigenvalue weighted by Gasteiger charge is -2.26. The molecule has 0 aromatic heterocycles. The SMILES string of the molecule is CCCN(CC)c1c(Cl)cccc1CNC. The first-order chi connectivity index (χ1) is 7.74. The monoisotopic (exact) mass is 240 g/mol. The minimum atomic E-state index is 0.850. The van der Waals surface area contributed by atoms with Gasteiger partial charge in [0.2, 0.25) is 0 Å². The summed E-state index contributed by atoms with van der Waals surface area (Å²) in [6, 6.07) is 6.11. The van der Waals surface area contributed by atoms with Crippen LogP contribution >= 0.6 is 11.6 Å². The third kappa shape index (κ3) is 3.13. The highest BCUT2D eigenvalue weighted by atomic mass is 35.5. The predicted molar refractivity (Wildman–Crippen MR) is 72.4 cm³/mol. The Hall–Kier alpha value is -0.730. The van der Waals surface area contributed by atoms with Gasteiger partial charge < -0.3 is 10.2 Å². The Bertz CT molecular complexity index is 326. The number of para-hydroxylation sites is 1. The van der Waals surface area contributed by atoms with Gasteiger partial charge in [-0.1, -0.05) is 30.7 Å². The van der Waals surface area contributed by atoms with Gasteiger partial charge in [-0.25, -0.2) is 0 Å². The maximum Gasteiger partial charge on any atom is 0.0642 e. The smallest absolute Gasteiger partial charge is 0.0642 e. The van der Waals surface area contributed by atoms with E-state index in [1.165, 1.54) is 11.3 Å². The van der Waals surface area contributed by atoms with E-state index in [1.807, 2.05) is 19.2 Å². The minimum Gasteiger partial charge on any atom is -0.370 e. The summed E-state index contributed by atoms with van der Waals surface area (Å²) in [7, 11) is 1.96. The van der Waals surface area contributed by atoms with Gasteiger partial charge in [0.1, 0.15) is 0 Å². The molecule has 1 aromatic rings. The molecule has 0 saturated carbocycles. The molecule has 0 aliphatic heterocycles. The van der Waals surface area contributed by atoms with Crippen LogP contribution in [0.5, 0.6) is 0 Å². The largest absolute Gasteiger partial charge is 0.370 e. The van der Waals surface area contributed by atoms with Crippen molar-refractivity contribution >= 4 is 17.3 Å². The van der Waals surface area contributed by atoms with E-state index in [0.29, 0.717) is 0 Å². The summed E-state index contributed by atoms with van der Waals surface area (Å²) < 4.78 is 0. The van der Waals surface area contributed by atoms with E-state index in [2.05, 4.69) is 30.1 Å². The third-order valence-corrected chi connectivity index (χ3v) is 2.93. The van der Waals surface area contributed by atoms with Crippen molar-refractivity contribution < 1.29 is 0 Å². The second kappa shape index (κ2) is 6.77. The summed E-state index contributed by atoms with van der Waals surface area (Å²) in [5.41, 5.74) is 2.45. The van der Waals surface area contributed by atoms with Crippen molar-refractivity contribution in [2.75, 3.05) is 25.0 Å². The van der Waals surface area contributed by atoms with Crippen LogP contribution in [0.3, 0.4) is 0 Å². The topological polar surface area (TPSA) is 15.3 Å². The van der Waals surface area contributed by atoms with Crippen molar-refractivity contribution in [3.05, 3.63) is 28.8 Å². The highest BCUT2D eigenvalue weighted by Crippen LogP contribution is 2.30. The zero-order valence-electron chi connectivity index (χ0n) is 10.4. The van der Waals surface area contributed by atoms with E-state index in [4.69, 9.17) is 11.6 Å². The molecule has 1 rings (SSSR count). The fourth-order valence-corrected chi connectivity index (χ4v) is 2.26. The first kappa shape index (κ1) is 13.3. The van der Waals surface area contributed by atoms with Gasteiger partial charge in [0.15, 0.2) is 0 Å². The van der Waals surface area contributed by atoms with Gasteiger partial charge in [-0.15, -0.1) is 0 Å². The Labute approximate surface area is 104 Å². The zero-order chi connectivity index (χ0) is 12.0. The Morgan fingerprint density at radius 2 is 2.06 bits per heavy atom. The van der Waals surface area contributed by atoms with Crippen molar-refractivity contribution in [1.29, 1.82) is 0 Å². The normalized spacial score (nSPS) is 10.5. The summed E-state index contributed by atoms with van der Waals surface area (Å²) in [6.07, 6.45) is 1.14. The van der Waals surface area contributed by atoms with E-state index in [-0.39, 0.29) is 0 Å². The number of rotatable bonds is 6. The standard InChI is InChI=1S/C13H21ClN2/c1-4-9-16(5-2)13-11(10-15-3)7-6-8-12(13)14/h6-8,15H,4-5,9-10H2,1-3H3. The van der Waals surface area contributed by atoms with E-state index < -0.39 is 0 Å². The molecule has 0 bridgehead atoms. The molecule has 2 nitrogen and oxygen atoms in total. The molecule has 0 radical (unpaired) electrons. The molecule has 16 heavy (non-hydrogen) atoms. The molecule has 0 amide bonds. The molecule has 0 heterocycles. The van der Waals surface area contributed by atoms with Gasteiger partial charge in [-0.3, -0.25) is 0 Å². The van der Waals surface area contributed by atoms with Crippen LogP contribution in [0.1, 0.15) is 25.8 Å². The molecule has 0 spiro atoms. The molecule has 1 N–H and O–H groups in total. The van der Waals surface area contributed by atoms with E-state index in [9.17, 15) is 0 Å². The highest BCUT2D eigenvalue weighted by molar-refractivity contribution is 6.33. The number of nitrogens with zero attached hydrogens (tertiary/aromatic N) is 1. The molecular formula is C13H21ClN2. The van der Waals surface area contributed by atoms with Crippen molar-refractivity contribution in [2.24, 2.45) is 0 Å². The summed E-state index contributed by atoms with van der Waals surface area (Å²) in [4.78, 5) is 2.34. The van der Waals surface area contributed by atoms with Gasteiger partial charge in [0, 0.05) is 19.6 Å². The maximum absolute atomic E-state index is 6.30. The number of hydrogen-bond donors (Lipinski definition) is 1. The molecule has 0 fully saturated rings. The molecule has 0 aliphatic carbocycles. The summed E-state index contributed by atoms with van der Waals surface area (Å²) in [6.45, 7) is 7.26. The molecule has 0 aliphatic rings. The van der Waals surface area contributed by atoms with Crippen molar-refractivity contribution in [3.63, 3.8) is 0 Å². The fourth-order valence-electron chi connectivity index (χ4n) is 1.95. The lowest BCUT2D eigenvalue weighted by molar-refractivity contribution is 0.767. The Kier molecular flexibility index (Phi) is 5.64. The minimum absolute atomic E-state index is 0.850. The van der Waals surface area contributed by atoms with Crippen LogP contribution in [0.2, 0.25) is 5.02 Å². The van der Waals surface area contributed by atoms with Gasteiger partial charge in [-0.2, -0.15) is 0 Å². The lowest BCUT2D eigenvalue weighted by Crippen LogP contribution is -2.25. The van der Waals surface area contributed by atoms with Crippen molar-refractivity contribution in [2.45, 2.75) is 26.8 Å². The summed E-state index contributed by atoms with van der Waals surface area (Å²) in [5.74, 6) is 0. The average Bonchev–Trinajstić information content (AvgIpc) is 2.28. The first-order valence-corrected chi connectivity index (χ1v) is 6.29. The van der Waals surface area contributed by atoms with Crippen LogP contribution in [0, 0.1) is 0 Å². The van der Waals surface area contributed by atoms with Crippen molar-refractivity contribution in [3.8, 4) is 0 Å². The number of anilines is 1.